The second-order valence-corrected chi connectivity index (χ2v) is 6.90. The third-order valence-electron chi connectivity index (χ3n) is 2.48. The van der Waals surface area contributed by atoms with E-state index in [1.165, 1.54) is 6.07 Å². The molecule has 0 bridgehead atoms. The molecule has 1 rings (SSSR count). The molecule has 21 heavy (non-hydrogen) atoms. The van der Waals surface area contributed by atoms with Crippen molar-refractivity contribution in [3.63, 3.8) is 0 Å². The molecule has 1 aromatic rings. The Balaban J connectivity index is 2.92. The molecule has 0 aliphatic rings. The quantitative estimate of drug-likeness (QED) is 0.806. The van der Waals surface area contributed by atoms with Crippen molar-refractivity contribution in [2.75, 3.05) is 5.75 Å². The van der Waals surface area contributed by atoms with E-state index in [0.29, 0.717) is 0 Å². The maximum atomic E-state index is 13.1. The lowest BCUT2D eigenvalue weighted by atomic mass is 10.2. The summed E-state index contributed by atoms with van der Waals surface area (Å²) in [6.45, 7) is 1.08. The first-order valence-corrected chi connectivity index (χ1v) is 7.95. The van der Waals surface area contributed by atoms with Crippen LogP contribution in [0.15, 0.2) is 18.2 Å². The minimum Gasteiger partial charge on any atom is -0.480 e. The molecule has 6 nitrogen and oxygen atoms in total. The van der Waals surface area contributed by atoms with Gasteiger partial charge < -0.3 is 10.4 Å². The van der Waals surface area contributed by atoms with Crippen molar-refractivity contribution in [1.82, 2.24) is 5.32 Å². The molecule has 0 radical (unpaired) electrons. The number of aliphatic carboxylic acids is 1. The van der Waals surface area contributed by atoms with Crippen LogP contribution in [-0.2, 0) is 25.2 Å². The summed E-state index contributed by atoms with van der Waals surface area (Å²) >= 11 is 5.77. The highest BCUT2D eigenvalue weighted by Gasteiger charge is 2.26. The highest BCUT2D eigenvalue weighted by atomic mass is 35.5. The molecule has 0 aromatic heterocycles. The molecular weight excluding hydrogens is 325 g/mol. The van der Waals surface area contributed by atoms with Gasteiger partial charge in [0.25, 0.3) is 0 Å². The molecule has 116 valence electrons. The Kier molecular flexibility index (Phi) is 5.68. The zero-order valence-electron chi connectivity index (χ0n) is 11.0. The molecule has 2 N–H and O–H groups in total. The molecule has 0 heterocycles. The second kappa shape index (κ2) is 6.86. The Bertz CT molecular complexity index is 662. The van der Waals surface area contributed by atoms with E-state index in [1.807, 2.05) is 5.32 Å². The van der Waals surface area contributed by atoms with Crippen molar-refractivity contribution >= 4 is 33.3 Å². The van der Waals surface area contributed by atoms with Crippen molar-refractivity contribution in [3.05, 3.63) is 34.6 Å². The highest BCUT2D eigenvalue weighted by molar-refractivity contribution is 7.90. The topological polar surface area (TPSA) is 101 Å². The molecule has 1 atom stereocenters. The van der Waals surface area contributed by atoms with Gasteiger partial charge in [0.05, 0.1) is 11.5 Å². The van der Waals surface area contributed by atoms with Gasteiger partial charge in [-0.2, -0.15) is 0 Å². The number of benzene rings is 1. The molecule has 0 unspecified atom stereocenters. The van der Waals surface area contributed by atoms with Crippen LogP contribution in [0, 0.1) is 5.82 Å². The Labute approximate surface area is 125 Å². The van der Waals surface area contributed by atoms with E-state index < -0.39 is 45.1 Å². The summed E-state index contributed by atoms with van der Waals surface area (Å²) in [5.74, 6) is -4.22. The van der Waals surface area contributed by atoms with Crippen LogP contribution in [0.3, 0.4) is 0 Å². The second-order valence-electron chi connectivity index (χ2n) is 4.38. The van der Waals surface area contributed by atoms with Gasteiger partial charge in [-0.25, -0.2) is 17.6 Å². The molecule has 9 heteroatoms. The molecule has 1 aromatic carbocycles. The first kappa shape index (κ1) is 17.4. The fraction of sp³-hybridized carbons (Fsp3) is 0.333. The summed E-state index contributed by atoms with van der Waals surface area (Å²) < 4.78 is 37.0. The van der Waals surface area contributed by atoms with Gasteiger partial charge in [0.1, 0.15) is 11.9 Å². The third kappa shape index (κ3) is 5.68. The van der Waals surface area contributed by atoms with Crippen molar-refractivity contribution in [2.24, 2.45) is 0 Å². The van der Waals surface area contributed by atoms with E-state index >= 15 is 0 Å². The number of halogens is 2. The van der Waals surface area contributed by atoms with Gasteiger partial charge in [-0.3, -0.25) is 4.79 Å². The summed E-state index contributed by atoms with van der Waals surface area (Å²) in [5.41, 5.74) is 0.0311. The first-order chi connectivity index (χ1) is 9.60. The van der Waals surface area contributed by atoms with Gasteiger partial charge in [-0.1, -0.05) is 11.6 Å². The summed E-state index contributed by atoms with van der Waals surface area (Å²) in [4.78, 5) is 21.8. The molecule has 0 aliphatic carbocycles. The van der Waals surface area contributed by atoms with Gasteiger partial charge in [0, 0.05) is 11.9 Å². The van der Waals surface area contributed by atoms with Crippen LogP contribution in [0.2, 0.25) is 5.02 Å². The largest absolute Gasteiger partial charge is 0.480 e. The Morgan fingerprint density at radius 2 is 2.05 bits per heavy atom. The molecule has 1 amide bonds. The van der Waals surface area contributed by atoms with Crippen LogP contribution in [-0.4, -0.2) is 37.2 Å². The fourth-order valence-electron chi connectivity index (χ4n) is 1.62. The van der Waals surface area contributed by atoms with Crippen LogP contribution in [0.1, 0.15) is 12.5 Å². The number of carboxylic acids is 1. The summed E-state index contributed by atoms with van der Waals surface area (Å²) in [6.07, 6.45) is 0. The number of hydrogen-bond acceptors (Lipinski definition) is 4. The smallest absolute Gasteiger partial charge is 0.327 e. The third-order valence-corrected chi connectivity index (χ3v) is 4.44. The van der Waals surface area contributed by atoms with E-state index in [0.717, 1.165) is 19.1 Å². The average Bonchev–Trinajstić information content (AvgIpc) is 2.31. The number of sulfone groups is 1. The van der Waals surface area contributed by atoms with E-state index in [1.54, 1.807) is 0 Å². The van der Waals surface area contributed by atoms with E-state index in [-0.39, 0.29) is 10.6 Å². The van der Waals surface area contributed by atoms with Gasteiger partial charge in [-0.15, -0.1) is 0 Å². The van der Waals surface area contributed by atoms with Crippen LogP contribution in [0.4, 0.5) is 4.39 Å². The monoisotopic (exact) mass is 337 g/mol. The predicted octanol–water partition coefficient (Wildman–Crippen LogP) is 0.983. The zero-order valence-corrected chi connectivity index (χ0v) is 12.5. The normalized spacial score (nSPS) is 12.7. The van der Waals surface area contributed by atoms with Crippen LogP contribution in [0.25, 0.3) is 0 Å². The first-order valence-electron chi connectivity index (χ1n) is 5.75. The number of carboxylic acid groups (broad SMARTS) is 1. The maximum absolute atomic E-state index is 13.1. The lowest BCUT2D eigenvalue weighted by Crippen LogP contribution is -2.44. The van der Waals surface area contributed by atoms with Gasteiger partial charge >= 0.3 is 5.97 Å². The van der Waals surface area contributed by atoms with Crippen molar-refractivity contribution in [2.45, 2.75) is 18.7 Å². The number of carbonyl (C=O) groups excluding carboxylic acids is 1. The SMILES string of the molecule is CC(=O)N[C@@H](CS(=O)(=O)Cc1cc(F)ccc1Cl)C(=O)O. The predicted molar refractivity (Wildman–Crippen MR) is 74.1 cm³/mol. The number of carbonyl (C=O) groups is 2. The standard InChI is InChI=1S/C12H13ClFNO5S/c1-7(16)15-11(12(17)18)6-21(19,20)5-8-4-9(14)2-3-10(8)13/h2-4,11H,5-6H2,1H3,(H,15,16)(H,17,18)/t11-/m0/s1. The maximum Gasteiger partial charge on any atom is 0.327 e. The lowest BCUT2D eigenvalue weighted by molar-refractivity contribution is -0.140. The van der Waals surface area contributed by atoms with Crippen LogP contribution in [0.5, 0.6) is 0 Å². The summed E-state index contributed by atoms with van der Waals surface area (Å²) in [5, 5.41) is 11.0. The highest BCUT2D eigenvalue weighted by Crippen LogP contribution is 2.20. The van der Waals surface area contributed by atoms with Crippen molar-refractivity contribution in [3.8, 4) is 0 Å². The number of nitrogens with one attached hydrogen (secondary N) is 1. The summed E-state index contributed by atoms with van der Waals surface area (Å²) in [7, 11) is -3.91. The van der Waals surface area contributed by atoms with Gasteiger partial charge in [0.2, 0.25) is 5.91 Å². The molecule has 0 fully saturated rings. The zero-order chi connectivity index (χ0) is 16.2. The Hall–Kier alpha value is -1.67. The lowest BCUT2D eigenvalue weighted by Gasteiger charge is -2.14. The fourth-order valence-corrected chi connectivity index (χ4v) is 3.45. The molecule has 0 saturated heterocycles. The molecular formula is C12H13ClFNO5S. The van der Waals surface area contributed by atoms with Gasteiger partial charge in [0.15, 0.2) is 9.84 Å². The van der Waals surface area contributed by atoms with Crippen molar-refractivity contribution in [1.29, 1.82) is 0 Å². The molecule has 0 spiro atoms. The van der Waals surface area contributed by atoms with E-state index in [9.17, 15) is 22.4 Å². The van der Waals surface area contributed by atoms with E-state index in [2.05, 4.69) is 0 Å². The number of hydrogen-bond donors (Lipinski definition) is 2. The molecule has 0 saturated carbocycles. The van der Waals surface area contributed by atoms with Gasteiger partial charge in [-0.05, 0) is 23.8 Å². The van der Waals surface area contributed by atoms with Crippen LogP contribution < -0.4 is 5.32 Å². The van der Waals surface area contributed by atoms with Crippen molar-refractivity contribution < 1.29 is 27.5 Å². The minimum absolute atomic E-state index is 0.0311. The molecule has 0 aliphatic heterocycles. The average molecular weight is 338 g/mol. The number of amides is 1. The minimum atomic E-state index is -3.91. The Morgan fingerprint density at radius 3 is 2.57 bits per heavy atom. The van der Waals surface area contributed by atoms with E-state index in [4.69, 9.17) is 16.7 Å². The van der Waals surface area contributed by atoms with Crippen LogP contribution >= 0.6 is 11.6 Å². The number of rotatable bonds is 6. The summed E-state index contributed by atoms with van der Waals surface area (Å²) in [6, 6.07) is 1.69. The Morgan fingerprint density at radius 1 is 1.43 bits per heavy atom.